The monoisotopic (exact) mass is 405 g/mol. The Morgan fingerprint density at radius 3 is 2.90 bits per heavy atom. The lowest BCUT2D eigenvalue weighted by Gasteiger charge is -2.13. The molecule has 1 aliphatic carbocycles. The summed E-state index contributed by atoms with van der Waals surface area (Å²) in [7, 11) is 1.65. The first-order valence-corrected chi connectivity index (χ1v) is 10.1. The fourth-order valence-electron chi connectivity index (χ4n) is 3.81. The summed E-state index contributed by atoms with van der Waals surface area (Å²) in [5, 5.41) is 10.5. The molecule has 2 heterocycles. The van der Waals surface area contributed by atoms with Gasteiger partial charge in [0.25, 0.3) is 5.91 Å². The fourth-order valence-corrected chi connectivity index (χ4v) is 3.81. The van der Waals surface area contributed by atoms with E-state index in [2.05, 4.69) is 21.8 Å². The number of rotatable bonds is 3. The predicted octanol–water partition coefficient (Wildman–Crippen LogP) is 1.75. The highest BCUT2D eigenvalue weighted by Crippen LogP contribution is 2.27. The van der Waals surface area contributed by atoms with E-state index in [1.807, 2.05) is 12.1 Å². The topological polar surface area (TPSA) is 92.6 Å². The molecule has 0 saturated carbocycles. The number of hydrogen-bond donors (Lipinski definition) is 1. The van der Waals surface area contributed by atoms with E-state index in [0.29, 0.717) is 29.2 Å². The van der Waals surface area contributed by atoms with Crippen molar-refractivity contribution in [1.29, 1.82) is 0 Å². The molecule has 1 aliphatic heterocycles. The Hall–Kier alpha value is -3.24. The second-order valence-corrected chi connectivity index (χ2v) is 7.56. The molecule has 2 aliphatic rings. The van der Waals surface area contributed by atoms with E-state index in [0.717, 1.165) is 30.5 Å². The third-order valence-corrected chi connectivity index (χ3v) is 5.45. The molecule has 1 unspecified atom stereocenters. The summed E-state index contributed by atoms with van der Waals surface area (Å²) in [6, 6.07) is 7.25. The Balaban J connectivity index is 1.69. The van der Waals surface area contributed by atoms with E-state index in [1.54, 1.807) is 26.1 Å². The van der Waals surface area contributed by atoms with Gasteiger partial charge in [-0.3, -0.25) is 4.79 Å². The first-order chi connectivity index (χ1) is 14.4. The number of aromatic nitrogens is 2. The quantitative estimate of drug-likeness (QED) is 0.618. The number of benzene rings is 1. The SMILES string of the molecule is CCOC(=O)c1nc(-c2cccc(C#CC3(O)CCN(C)C3=O)c2)nc2c1CCC2. The molecule has 154 valence electrons. The summed E-state index contributed by atoms with van der Waals surface area (Å²) < 4.78 is 5.18. The van der Waals surface area contributed by atoms with Crippen LogP contribution in [0, 0.1) is 11.8 Å². The van der Waals surface area contributed by atoms with Gasteiger partial charge < -0.3 is 14.7 Å². The van der Waals surface area contributed by atoms with Crippen molar-refractivity contribution in [1.82, 2.24) is 14.9 Å². The summed E-state index contributed by atoms with van der Waals surface area (Å²) in [4.78, 5) is 35.1. The van der Waals surface area contributed by atoms with Crippen molar-refractivity contribution < 1.29 is 19.4 Å². The number of carbonyl (C=O) groups excluding carboxylic acids is 2. The number of aryl methyl sites for hydroxylation is 1. The van der Waals surface area contributed by atoms with Crippen LogP contribution in [-0.2, 0) is 22.4 Å². The highest BCUT2D eigenvalue weighted by Gasteiger charge is 2.42. The van der Waals surface area contributed by atoms with Crippen LogP contribution in [0.5, 0.6) is 0 Å². The summed E-state index contributed by atoms with van der Waals surface area (Å²) in [5.41, 5.74) is 1.78. The molecule has 30 heavy (non-hydrogen) atoms. The third-order valence-electron chi connectivity index (χ3n) is 5.45. The van der Waals surface area contributed by atoms with Crippen molar-refractivity contribution in [2.75, 3.05) is 20.2 Å². The smallest absolute Gasteiger partial charge is 0.357 e. The van der Waals surface area contributed by atoms with E-state index in [4.69, 9.17) is 4.74 Å². The second-order valence-electron chi connectivity index (χ2n) is 7.56. The van der Waals surface area contributed by atoms with Gasteiger partial charge in [-0.05, 0) is 38.3 Å². The molecule has 1 amide bonds. The maximum atomic E-state index is 12.4. The van der Waals surface area contributed by atoms with Crippen LogP contribution in [0.3, 0.4) is 0 Å². The van der Waals surface area contributed by atoms with Crippen molar-refractivity contribution in [2.45, 2.75) is 38.2 Å². The van der Waals surface area contributed by atoms with Gasteiger partial charge in [-0.15, -0.1) is 0 Å². The van der Waals surface area contributed by atoms with E-state index in [-0.39, 0.29) is 18.9 Å². The number of amides is 1. The minimum atomic E-state index is -1.65. The first-order valence-electron chi connectivity index (χ1n) is 10.1. The van der Waals surface area contributed by atoms with Crippen LogP contribution in [0.2, 0.25) is 0 Å². The van der Waals surface area contributed by atoms with Gasteiger partial charge >= 0.3 is 5.97 Å². The molecule has 0 bridgehead atoms. The zero-order valence-corrected chi connectivity index (χ0v) is 17.1. The Bertz CT molecular complexity index is 1090. The summed E-state index contributed by atoms with van der Waals surface area (Å²) in [6.07, 6.45) is 2.80. The number of ether oxygens (including phenoxy) is 1. The largest absolute Gasteiger partial charge is 0.461 e. The molecule has 4 rings (SSSR count). The number of fused-ring (bicyclic) bond motifs is 1. The molecular formula is C23H23N3O4. The lowest BCUT2D eigenvalue weighted by molar-refractivity contribution is -0.137. The number of likely N-dealkylation sites (N-methyl/N-ethyl adjacent to an activating group) is 1. The highest BCUT2D eigenvalue weighted by molar-refractivity contribution is 5.91. The lowest BCUT2D eigenvalue weighted by atomic mass is 10.0. The molecular weight excluding hydrogens is 382 g/mol. The molecule has 1 saturated heterocycles. The van der Waals surface area contributed by atoms with Gasteiger partial charge in [0, 0.05) is 42.4 Å². The molecule has 1 atom stereocenters. The number of likely N-dealkylation sites (tertiary alicyclic amines) is 1. The molecule has 7 heteroatoms. The molecule has 1 N–H and O–H groups in total. The number of hydrogen-bond acceptors (Lipinski definition) is 6. The van der Waals surface area contributed by atoms with Crippen LogP contribution in [0.1, 0.15) is 47.1 Å². The minimum absolute atomic E-state index is 0.284. The van der Waals surface area contributed by atoms with Gasteiger partial charge in [-0.25, -0.2) is 14.8 Å². The van der Waals surface area contributed by atoms with Crippen LogP contribution in [-0.4, -0.2) is 57.7 Å². The Morgan fingerprint density at radius 2 is 2.17 bits per heavy atom. The van der Waals surface area contributed by atoms with E-state index in [1.165, 1.54) is 4.90 Å². The predicted molar refractivity (Wildman–Crippen MR) is 110 cm³/mol. The molecule has 1 fully saturated rings. The van der Waals surface area contributed by atoms with Crippen molar-refractivity contribution >= 4 is 11.9 Å². The van der Waals surface area contributed by atoms with Crippen LogP contribution in [0.15, 0.2) is 24.3 Å². The standard InChI is InChI=1S/C23H23N3O4/c1-3-30-21(27)19-17-8-5-9-18(17)24-20(25-19)16-7-4-6-15(14-16)10-11-23(29)12-13-26(2)22(23)28/h4,6-7,14,29H,3,5,8-9,12-13H2,1-2H3. The molecule has 1 aromatic carbocycles. The van der Waals surface area contributed by atoms with Crippen molar-refractivity contribution in [3.8, 4) is 23.2 Å². The normalized spacial score (nSPS) is 20.0. The van der Waals surface area contributed by atoms with Gasteiger partial charge in [0.15, 0.2) is 11.5 Å². The van der Waals surface area contributed by atoms with Gasteiger partial charge in [0.2, 0.25) is 5.60 Å². The molecule has 0 radical (unpaired) electrons. The zero-order chi connectivity index (χ0) is 21.3. The van der Waals surface area contributed by atoms with Crippen molar-refractivity contribution in [3.05, 3.63) is 46.8 Å². The minimum Gasteiger partial charge on any atom is -0.461 e. The van der Waals surface area contributed by atoms with Crippen molar-refractivity contribution in [3.63, 3.8) is 0 Å². The Labute approximate surface area is 175 Å². The summed E-state index contributed by atoms with van der Waals surface area (Å²) >= 11 is 0. The first kappa shape index (κ1) is 20.0. The highest BCUT2D eigenvalue weighted by atomic mass is 16.5. The summed E-state index contributed by atoms with van der Waals surface area (Å²) in [5.74, 6) is 5.25. The zero-order valence-electron chi connectivity index (χ0n) is 17.1. The van der Waals surface area contributed by atoms with Crippen LogP contribution in [0.25, 0.3) is 11.4 Å². The molecule has 0 spiro atoms. The third kappa shape index (κ3) is 3.66. The lowest BCUT2D eigenvalue weighted by Crippen LogP contribution is -2.37. The maximum Gasteiger partial charge on any atom is 0.357 e. The van der Waals surface area contributed by atoms with Crippen LogP contribution >= 0.6 is 0 Å². The molecule has 1 aromatic heterocycles. The van der Waals surface area contributed by atoms with E-state index >= 15 is 0 Å². The van der Waals surface area contributed by atoms with Crippen molar-refractivity contribution in [2.24, 2.45) is 0 Å². The average Bonchev–Trinajstić information content (AvgIpc) is 3.33. The summed E-state index contributed by atoms with van der Waals surface area (Å²) in [6.45, 7) is 2.53. The molecule has 7 nitrogen and oxygen atoms in total. The van der Waals surface area contributed by atoms with Crippen LogP contribution < -0.4 is 0 Å². The molecule has 2 aromatic rings. The Morgan fingerprint density at radius 1 is 1.33 bits per heavy atom. The average molecular weight is 405 g/mol. The number of esters is 1. The second kappa shape index (κ2) is 7.88. The number of nitrogens with zero attached hydrogens (tertiary/aromatic N) is 3. The fraction of sp³-hybridized carbons (Fsp3) is 0.391. The van der Waals surface area contributed by atoms with Gasteiger partial charge in [-0.1, -0.05) is 24.0 Å². The van der Waals surface area contributed by atoms with E-state index in [9.17, 15) is 14.7 Å². The van der Waals surface area contributed by atoms with E-state index < -0.39 is 11.6 Å². The van der Waals surface area contributed by atoms with Gasteiger partial charge in [-0.2, -0.15) is 0 Å². The Kier molecular flexibility index (Phi) is 5.27. The maximum absolute atomic E-state index is 12.4. The number of carbonyl (C=O) groups is 2. The van der Waals surface area contributed by atoms with Crippen LogP contribution in [0.4, 0.5) is 0 Å². The van der Waals surface area contributed by atoms with Gasteiger partial charge in [0.1, 0.15) is 0 Å². The van der Waals surface area contributed by atoms with Gasteiger partial charge in [0.05, 0.1) is 6.61 Å². The number of aliphatic hydroxyl groups is 1.